The van der Waals surface area contributed by atoms with Gasteiger partial charge in [-0.3, -0.25) is 4.79 Å². The van der Waals surface area contributed by atoms with Gasteiger partial charge in [0.05, 0.1) is 5.41 Å². The van der Waals surface area contributed by atoms with Crippen molar-refractivity contribution < 1.29 is 9.53 Å². The average molecular weight is 200 g/mol. The summed E-state index contributed by atoms with van der Waals surface area (Å²) in [4.78, 5) is 11.7. The molecular weight excluding hydrogens is 176 g/mol. The molecule has 0 rings (SSSR count). The molecule has 0 saturated carbocycles. The van der Waals surface area contributed by atoms with Gasteiger partial charge in [0.1, 0.15) is 6.10 Å². The fourth-order valence-electron chi connectivity index (χ4n) is 0.921. The zero-order chi connectivity index (χ0) is 11.4. The molecule has 2 nitrogen and oxygen atoms in total. The van der Waals surface area contributed by atoms with Gasteiger partial charge in [0.15, 0.2) is 0 Å². The van der Waals surface area contributed by atoms with Crippen LogP contribution in [0.1, 0.15) is 54.4 Å². The standard InChI is InChI=1S/C12H24O2/c1-7-9(3)10(4)14-11(13)12(5,6)8-2/h9-10H,7-8H2,1-6H3. The summed E-state index contributed by atoms with van der Waals surface area (Å²) in [6, 6.07) is 0. The second-order valence-electron chi connectivity index (χ2n) is 4.73. The first-order chi connectivity index (χ1) is 6.35. The van der Waals surface area contributed by atoms with Crippen molar-refractivity contribution in [2.75, 3.05) is 0 Å². The Morgan fingerprint density at radius 1 is 1.29 bits per heavy atom. The summed E-state index contributed by atoms with van der Waals surface area (Å²) in [5.74, 6) is 0.361. The van der Waals surface area contributed by atoms with Crippen LogP contribution in [0, 0.1) is 11.3 Å². The van der Waals surface area contributed by atoms with E-state index in [0.29, 0.717) is 5.92 Å². The third kappa shape index (κ3) is 3.69. The van der Waals surface area contributed by atoms with Gasteiger partial charge in [-0.25, -0.2) is 0 Å². The molecule has 0 spiro atoms. The predicted octanol–water partition coefficient (Wildman–Crippen LogP) is 3.40. The molecule has 0 aromatic rings. The van der Waals surface area contributed by atoms with Crippen molar-refractivity contribution in [3.8, 4) is 0 Å². The number of carbonyl (C=O) groups excluding carboxylic acids is 1. The minimum atomic E-state index is -0.346. The Balaban J connectivity index is 4.19. The maximum Gasteiger partial charge on any atom is 0.311 e. The minimum absolute atomic E-state index is 0.0262. The minimum Gasteiger partial charge on any atom is -0.462 e. The van der Waals surface area contributed by atoms with Gasteiger partial charge in [-0.15, -0.1) is 0 Å². The number of hydrogen-bond donors (Lipinski definition) is 0. The summed E-state index contributed by atoms with van der Waals surface area (Å²) >= 11 is 0. The Labute approximate surface area is 88.0 Å². The molecular formula is C12H24O2. The van der Waals surface area contributed by atoms with E-state index in [9.17, 15) is 4.79 Å². The Kier molecular flexibility index (Phi) is 5.17. The molecule has 14 heavy (non-hydrogen) atoms. The average Bonchev–Trinajstić information content (AvgIpc) is 2.16. The number of esters is 1. The van der Waals surface area contributed by atoms with E-state index in [0.717, 1.165) is 12.8 Å². The van der Waals surface area contributed by atoms with Gasteiger partial charge in [0.25, 0.3) is 0 Å². The quantitative estimate of drug-likeness (QED) is 0.636. The van der Waals surface area contributed by atoms with Crippen LogP contribution < -0.4 is 0 Å². The van der Waals surface area contributed by atoms with Crippen LogP contribution in [-0.4, -0.2) is 12.1 Å². The van der Waals surface area contributed by atoms with Crippen LogP contribution in [0.4, 0.5) is 0 Å². The van der Waals surface area contributed by atoms with Crippen molar-refractivity contribution >= 4 is 5.97 Å². The molecule has 0 amide bonds. The van der Waals surface area contributed by atoms with Crippen LogP contribution in [-0.2, 0) is 9.53 Å². The molecule has 0 fully saturated rings. The first-order valence-electron chi connectivity index (χ1n) is 5.56. The van der Waals surface area contributed by atoms with E-state index >= 15 is 0 Å². The molecule has 0 aromatic carbocycles. The molecule has 0 aliphatic rings. The molecule has 0 aromatic heterocycles. The van der Waals surface area contributed by atoms with Crippen LogP contribution in [0.2, 0.25) is 0 Å². The zero-order valence-corrected chi connectivity index (χ0v) is 10.4. The summed E-state index contributed by atoms with van der Waals surface area (Å²) < 4.78 is 5.42. The normalized spacial score (nSPS) is 16.1. The molecule has 2 heteroatoms. The summed E-state index contributed by atoms with van der Waals surface area (Å²) in [5.41, 5.74) is -0.346. The fourth-order valence-corrected chi connectivity index (χ4v) is 0.921. The predicted molar refractivity (Wildman–Crippen MR) is 59.1 cm³/mol. The lowest BCUT2D eigenvalue weighted by Gasteiger charge is -2.26. The second-order valence-corrected chi connectivity index (χ2v) is 4.73. The van der Waals surface area contributed by atoms with E-state index in [1.165, 1.54) is 0 Å². The highest BCUT2D eigenvalue weighted by Crippen LogP contribution is 2.23. The number of rotatable bonds is 5. The first kappa shape index (κ1) is 13.5. The lowest BCUT2D eigenvalue weighted by molar-refractivity contribution is -0.161. The van der Waals surface area contributed by atoms with Gasteiger partial charge in [0.2, 0.25) is 0 Å². The monoisotopic (exact) mass is 200 g/mol. The molecule has 0 radical (unpaired) electrons. The number of ether oxygens (including phenoxy) is 1. The van der Waals surface area contributed by atoms with Crippen molar-refractivity contribution in [3.63, 3.8) is 0 Å². The lowest BCUT2D eigenvalue weighted by atomic mass is 9.90. The lowest BCUT2D eigenvalue weighted by Crippen LogP contribution is -2.31. The van der Waals surface area contributed by atoms with E-state index in [1.54, 1.807) is 0 Å². The molecule has 84 valence electrons. The molecule has 2 unspecified atom stereocenters. The molecule has 0 aliphatic carbocycles. The van der Waals surface area contributed by atoms with Gasteiger partial charge in [0, 0.05) is 0 Å². The van der Waals surface area contributed by atoms with Gasteiger partial charge >= 0.3 is 5.97 Å². The highest BCUT2D eigenvalue weighted by molar-refractivity contribution is 5.75. The van der Waals surface area contributed by atoms with Crippen LogP contribution in [0.15, 0.2) is 0 Å². The molecule has 0 N–H and O–H groups in total. The van der Waals surface area contributed by atoms with Crippen molar-refractivity contribution in [3.05, 3.63) is 0 Å². The van der Waals surface area contributed by atoms with Crippen molar-refractivity contribution in [1.82, 2.24) is 0 Å². The molecule has 0 heterocycles. The topological polar surface area (TPSA) is 26.3 Å². The summed E-state index contributed by atoms with van der Waals surface area (Å²) in [7, 11) is 0. The molecule has 0 aliphatic heterocycles. The third-order valence-electron chi connectivity index (χ3n) is 3.17. The van der Waals surface area contributed by atoms with E-state index in [2.05, 4.69) is 13.8 Å². The Morgan fingerprint density at radius 2 is 1.79 bits per heavy atom. The third-order valence-corrected chi connectivity index (χ3v) is 3.17. The van der Waals surface area contributed by atoms with E-state index < -0.39 is 0 Å². The maximum atomic E-state index is 11.7. The number of hydrogen-bond acceptors (Lipinski definition) is 2. The largest absolute Gasteiger partial charge is 0.462 e. The van der Waals surface area contributed by atoms with Gasteiger partial charge in [-0.2, -0.15) is 0 Å². The molecule has 2 atom stereocenters. The molecule has 0 bridgehead atoms. The van der Waals surface area contributed by atoms with E-state index in [4.69, 9.17) is 4.74 Å². The fraction of sp³-hybridized carbons (Fsp3) is 0.917. The Morgan fingerprint density at radius 3 is 2.14 bits per heavy atom. The van der Waals surface area contributed by atoms with Crippen LogP contribution >= 0.6 is 0 Å². The highest BCUT2D eigenvalue weighted by Gasteiger charge is 2.29. The van der Waals surface area contributed by atoms with Crippen molar-refractivity contribution in [2.45, 2.75) is 60.5 Å². The smallest absolute Gasteiger partial charge is 0.311 e. The van der Waals surface area contributed by atoms with Gasteiger partial charge < -0.3 is 4.74 Å². The van der Waals surface area contributed by atoms with E-state index in [-0.39, 0.29) is 17.5 Å². The zero-order valence-electron chi connectivity index (χ0n) is 10.4. The van der Waals surface area contributed by atoms with E-state index in [1.807, 2.05) is 27.7 Å². The summed E-state index contributed by atoms with van der Waals surface area (Å²) in [6.45, 7) is 12.1. The maximum absolute atomic E-state index is 11.7. The first-order valence-corrected chi connectivity index (χ1v) is 5.56. The van der Waals surface area contributed by atoms with Crippen molar-refractivity contribution in [1.29, 1.82) is 0 Å². The molecule has 0 saturated heterocycles. The van der Waals surface area contributed by atoms with Crippen LogP contribution in [0.3, 0.4) is 0 Å². The number of carbonyl (C=O) groups is 1. The van der Waals surface area contributed by atoms with Gasteiger partial charge in [-0.05, 0) is 33.1 Å². The van der Waals surface area contributed by atoms with Crippen LogP contribution in [0.5, 0.6) is 0 Å². The Hall–Kier alpha value is -0.530. The second kappa shape index (κ2) is 5.38. The Bertz CT molecular complexity index is 185. The van der Waals surface area contributed by atoms with Crippen molar-refractivity contribution in [2.24, 2.45) is 11.3 Å². The van der Waals surface area contributed by atoms with Gasteiger partial charge in [-0.1, -0.05) is 27.2 Å². The SMILES string of the molecule is CCC(C)C(C)OC(=O)C(C)(C)CC. The highest BCUT2D eigenvalue weighted by atomic mass is 16.5. The summed E-state index contributed by atoms with van der Waals surface area (Å²) in [6.07, 6.45) is 1.89. The summed E-state index contributed by atoms with van der Waals surface area (Å²) in [5, 5.41) is 0. The van der Waals surface area contributed by atoms with Crippen LogP contribution in [0.25, 0.3) is 0 Å².